The van der Waals surface area contributed by atoms with Crippen LogP contribution < -0.4 is 0 Å². The molecule has 558 valence electrons. The number of allylic oxidation sites excluding steroid dienone is 6. The van der Waals surface area contributed by atoms with Crippen molar-refractivity contribution in [3.63, 3.8) is 0 Å². The summed E-state index contributed by atoms with van der Waals surface area (Å²) in [7, 11) is -40.3. The molecule has 6 bridgehead atoms. The van der Waals surface area contributed by atoms with Crippen LogP contribution in [0.2, 0.25) is 0 Å². The molecule has 3 fully saturated rings. The Morgan fingerprint density at radius 1 is 0.354 bits per heavy atom. The van der Waals surface area contributed by atoms with E-state index in [0.717, 1.165) is 32.1 Å². The van der Waals surface area contributed by atoms with Crippen molar-refractivity contribution < 1.29 is 158 Å². The fraction of sp³-hybridized carbons (Fsp3) is 0.833. The van der Waals surface area contributed by atoms with E-state index in [9.17, 15) is 144 Å². The highest BCUT2D eigenvalue weighted by atomic mass is 32.3. The first-order valence-corrected chi connectivity index (χ1v) is 38.9. The predicted molar refractivity (Wildman–Crippen MR) is 303 cm³/mol. The van der Waals surface area contributed by atoms with E-state index in [1.165, 1.54) is 41.5 Å². The SMILES string of the molecule is CC(C)C(CCC(S(=O)(=O)C(F)(F)F)S(=O)(=O)C(F)(F)F)OC(=O)C1CC2C=CC1C2.CC(C)C(CCC(S(=O)(=O)C(F)(F)F)S(=O)(=O)C(F)(F)F)OC(=O)CC1CC2C=CC1C2.CC(C)C(CCC(S(=O)(=O)C(F)(F)F)S(=O)(=O)C(F)(F)F)OC(=O)CCC1CC2C=CC1C2. The van der Waals surface area contributed by atoms with Gasteiger partial charge in [0.2, 0.25) is 0 Å². The first-order valence-electron chi connectivity index (χ1n) is 29.6. The number of rotatable bonds is 27. The summed E-state index contributed by atoms with van der Waals surface area (Å²) in [5.74, 6) is -2.67. The maximum atomic E-state index is 12.9. The quantitative estimate of drug-likeness (QED) is 0.0320. The van der Waals surface area contributed by atoms with E-state index >= 15 is 0 Å². The zero-order valence-electron chi connectivity index (χ0n) is 51.6. The first-order chi connectivity index (χ1) is 43.1. The number of alkyl halides is 18. The third kappa shape index (κ3) is 20.0. The molecule has 6 aliphatic carbocycles. The number of carbonyl (C=O) groups excluding carboxylic acids is 3. The second-order valence-electron chi connectivity index (χ2n) is 25.4. The molecule has 6 rings (SSSR count). The molecule has 0 saturated heterocycles. The van der Waals surface area contributed by atoms with E-state index in [1.807, 2.05) is 24.3 Å². The van der Waals surface area contributed by atoms with Crippen molar-refractivity contribution in [2.24, 2.45) is 71.0 Å². The van der Waals surface area contributed by atoms with Gasteiger partial charge in [-0.3, -0.25) is 14.4 Å². The Morgan fingerprint density at radius 2 is 0.625 bits per heavy atom. The number of ether oxygens (including phenoxy) is 3. The average Bonchev–Trinajstić information content (AvgIpc) is 1.18. The number of halogens is 18. The number of fused-ring (bicyclic) bond motifs is 6. The molecular formula is C54H72F18O18S6. The third-order valence-electron chi connectivity index (χ3n) is 17.7. The first kappa shape index (κ1) is 84.5. The second kappa shape index (κ2) is 30.7. The Morgan fingerprint density at radius 3 is 0.875 bits per heavy atom. The molecule has 3 saturated carbocycles. The van der Waals surface area contributed by atoms with Crippen molar-refractivity contribution in [1.82, 2.24) is 0 Å². The van der Waals surface area contributed by atoms with Gasteiger partial charge in [0.15, 0.2) is 13.7 Å². The van der Waals surface area contributed by atoms with Crippen molar-refractivity contribution >= 4 is 76.9 Å². The minimum atomic E-state index is -6.71. The fourth-order valence-corrected chi connectivity index (χ4v) is 22.9. The van der Waals surface area contributed by atoms with Gasteiger partial charge in [0, 0.05) is 12.8 Å². The second-order valence-corrected chi connectivity index (χ2v) is 39.1. The van der Waals surface area contributed by atoms with Crippen molar-refractivity contribution in [1.29, 1.82) is 0 Å². The van der Waals surface area contributed by atoms with Gasteiger partial charge in [0.1, 0.15) is 18.3 Å². The molecule has 0 aromatic carbocycles. The smallest absolute Gasteiger partial charge is 0.462 e. The average molecular weight is 1540 g/mol. The van der Waals surface area contributed by atoms with Crippen molar-refractivity contribution in [2.75, 3.05) is 0 Å². The van der Waals surface area contributed by atoms with Gasteiger partial charge in [-0.15, -0.1) is 0 Å². The lowest BCUT2D eigenvalue weighted by Gasteiger charge is -2.27. The van der Waals surface area contributed by atoms with Crippen LogP contribution in [0.15, 0.2) is 36.5 Å². The highest BCUT2D eigenvalue weighted by Gasteiger charge is 2.65. The molecule has 96 heavy (non-hydrogen) atoms. The number of esters is 3. The number of hydrogen-bond acceptors (Lipinski definition) is 18. The fourth-order valence-electron chi connectivity index (χ4n) is 12.4. The molecule has 0 amide bonds. The minimum absolute atomic E-state index is 0.000144. The molecule has 42 heteroatoms. The molecule has 12 atom stereocenters. The number of sulfone groups is 6. The third-order valence-corrected chi connectivity index (χ3v) is 31.7. The summed E-state index contributed by atoms with van der Waals surface area (Å²) in [5, 5.41) is 0. The summed E-state index contributed by atoms with van der Waals surface area (Å²) in [5.41, 5.74) is -37.3. The number of carbonyl (C=O) groups is 3. The molecule has 12 unspecified atom stereocenters. The van der Waals surface area contributed by atoms with Crippen LogP contribution in [0.4, 0.5) is 79.0 Å². The Labute approximate surface area is 543 Å². The van der Waals surface area contributed by atoms with Gasteiger partial charge in [-0.1, -0.05) is 78.0 Å². The van der Waals surface area contributed by atoms with E-state index in [4.69, 9.17) is 14.2 Å². The van der Waals surface area contributed by atoms with Crippen molar-refractivity contribution in [3.8, 4) is 0 Å². The largest absolute Gasteiger partial charge is 0.498 e. The Bertz CT molecular complexity index is 3410. The van der Waals surface area contributed by atoms with Crippen LogP contribution in [0.3, 0.4) is 0 Å². The summed E-state index contributed by atoms with van der Waals surface area (Å²) in [4.78, 5) is 37.0. The Kier molecular flexibility index (Phi) is 27.0. The van der Waals surface area contributed by atoms with E-state index in [-0.39, 0.29) is 42.4 Å². The summed E-state index contributed by atoms with van der Waals surface area (Å²) in [6.45, 7) is 8.77. The maximum Gasteiger partial charge on any atom is 0.498 e. The molecule has 6 aliphatic rings. The standard InChI is InChI=1S/C19H26F6O6S2.C18H24F6O6S2.C17H22F6O6S2/c1-11(2)15(31-16(26)7-5-14-10-12-3-4-13(14)9-12)6-8-17(32(27,28)18(20,21)22)33(29,30)19(23,24)25;1-10(2)14(30-15(25)9-13-8-11-3-4-12(13)7-11)5-6-16(31(26,27)17(19,20)21)32(28,29)18(22,23)24;1-9(2)13(29-15(24)12-8-10-3-4-11(12)7-10)5-6-14(30(25,26)16(18,19)20)31(27,28)17(21,22)23/h3-4,11-15,17H,5-10H2,1-2H3;3-4,10-14,16H,5-9H2,1-2H3;3-4,9-14H,5-8H2,1-2H3. The van der Waals surface area contributed by atoms with Gasteiger partial charge in [-0.25, -0.2) is 50.5 Å². The molecule has 0 heterocycles. The minimum Gasteiger partial charge on any atom is -0.462 e. The molecule has 0 radical (unpaired) electrons. The molecular weight excluding hydrogens is 1470 g/mol. The van der Waals surface area contributed by atoms with Crippen LogP contribution in [0, 0.1) is 71.0 Å². The molecule has 18 nitrogen and oxygen atoms in total. The molecule has 0 spiro atoms. The van der Waals surface area contributed by atoms with Crippen LogP contribution in [0.1, 0.15) is 138 Å². The van der Waals surface area contributed by atoms with Crippen LogP contribution in [-0.4, -0.2) is 134 Å². The van der Waals surface area contributed by atoms with Crippen molar-refractivity contribution in [3.05, 3.63) is 36.5 Å². The van der Waals surface area contributed by atoms with E-state index in [0.29, 0.717) is 30.6 Å². The summed E-state index contributed by atoms with van der Waals surface area (Å²) >= 11 is 0. The monoisotopic (exact) mass is 1540 g/mol. The van der Waals surface area contributed by atoms with Crippen molar-refractivity contribution in [2.45, 2.75) is 203 Å². The van der Waals surface area contributed by atoms with E-state index < -0.39 is 204 Å². The van der Waals surface area contributed by atoms with Gasteiger partial charge in [0.25, 0.3) is 59.0 Å². The zero-order valence-corrected chi connectivity index (χ0v) is 56.5. The summed E-state index contributed by atoms with van der Waals surface area (Å²) in [6, 6.07) is 0. The van der Waals surface area contributed by atoms with Crippen LogP contribution in [-0.2, 0) is 87.6 Å². The van der Waals surface area contributed by atoms with Gasteiger partial charge in [0.05, 0.1) is 5.92 Å². The van der Waals surface area contributed by atoms with E-state index in [2.05, 4.69) is 12.2 Å². The van der Waals surface area contributed by atoms with Crippen LogP contribution in [0.5, 0.6) is 0 Å². The maximum absolute atomic E-state index is 12.9. The normalized spacial score (nSPS) is 25.0. The predicted octanol–water partition coefficient (Wildman–Crippen LogP) is 12.4. The Balaban J connectivity index is 0.000000306. The molecule has 0 aromatic heterocycles. The molecule has 0 aliphatic heterocycles. The lowest BCUT2D eigenvalue weighted by Crippen LogP contribution is -2.45. The number of hydrogen-bond donors (Lipinski definition) is 0. The Hall–Kier alpha value is -3.93. The highest BCUT2D eigenvalue weighted by molar-refractivity contribution is 8.10. The van der Waals surface area contributed by atoms with E-state index in [1.54, 1.807) is 0 Å². The lowest BCUT2D eigenvalue weighted by atomic mass is 9.89. The topological polar surface area (TPSA) is 284 Å². The zero-order chi connectivity index (χ0) is 74.1. The highest BCUT2D eigenvalue weighted by Crippen LogP contribution is 2.49. The van der Waals surface area contributed by atoms with Gasteiger partial charge in [-0.2, -0.15) is 79.0 Å². The summed E-state index contributed by atoms with van der Waals surface area (Å²) in [6.07, 6.45) is 6.55. The van der Waals surface area contributed by atoms with Gasteiger partial charge >= 0.3 is 51.0 Å². The molecule has 0 N–H and O–H groups in total. The molecule has 0 aromatic rings. The van der Waals surface area contributed by atoms with Gasteiger partial charge in [-0.05, 0) is 149 Å². The van der Waals surface area contributed by atoms with Crippen LogP contribution in [0.25, 0.3) is 0 Å². The summed E-state index contributed by atoms with van der Waals surface area (Å²) < 4.78 is 376. The van der Waals surface area contributed by atoms with Gasteiger partial charge < -0.3 is 14.2 Å². The van der Waals surface area contributed by atoms with Crippen LogP contribution >= 0.6 is 0 Å². The lowest BCUT2D eigenvalue weighted by molar-refractivity contribution is -0.158.